The Hall–Kier alpha value is -1.79. The third-order valence-corrected chi connectivity index (χ3v) is 6.64. The summed E-state index contributed by atoms with van der Waals surface area (Å²) >= 11 is 5.99. The third-order valence-electron chi connectivity index (χ3n) is 6.34. The summed E-state index contributed by atoms with van der Waals surface area (Å²) in [5.41, 5.74) is 0.977. The predicted octanol–water partition coefficient (Wildman–Crippen LogP) is 2.72. The Morgan fingerprint density at radius 1 is 1.22 bits per heavy atom. The van der Waals surface area contributed by atoms with Crippen molar-refractivity contribution < 1.29 is 19.8 Å². The molecule has 2 saturated heterocycles. The molecule has 7 heteroatoms. The largest absolute Gasteiger partial charge is 0.506 e. The lowest BCUT2D eigenvalue weighted by molar-refractivity contribution is -0.148. The second-order valence-corrected chi connectivity index (χ2v) is 8.77. The Morgan fingerprint density at radius 3 is 2.52 bits per heavy atom. The zero-order valence-electron chi connectivity index (χ0n) is 15.2. The highest BCUT2D eigenvalue weighted by Crippen LogP contribution is 2.45. The number of aliphatic carboxylic acids is 1. The van der Waals surface area contributed by atoms with E-state index < -0.39 is 12.0 Å². The van der Waals surface area contributed by atoms with Crippen molar-refractivity contribution in [3.63, 3.8) is 0 Å². The van der Waals surface area contributed by atoms with Crippen molar-refractivity contribution in [3.8, 4) is 5.75 Å². The van der Waals surface area contributed by atoms with Crippen molar-refractivity contribution in [1.29, 1.82) is 0 Å². The number of hydrogen-bond donors (Lipinski definition) is 2. The van der Waals surface area contributed by atoms with Gasteiger partial charge in [0.1, 0.15) is 11.8 Å². The second kappa shape index (κ2) is 6.99. The first-order valence-electron chi connectivity index (χ1n) is 9.60. The molecule has 3 aliphatic rings. The van der Waals surface area contributed by atoms with Gasteiger partial charge in [-0.25, -0.2) is 4.79 Å². The zero-order valence-corrected chi connectivity index (χ0v) is 16.0. The van der Waals surface area contributed by atoms with Crippen LogP contribution in [0.5, 0.6) is 5.75 Å². The highest BCUT2D eigenvalue weighted by molar-refractivity contribution is 6.32. The number of amides is 1. The van der Waals surface area contributed by atoms with E-state index in [4.69, 9.17) is 11.6 Å². The Balaban J connectivity index is 1.39. The molecule has 6 nitrogen and oxygen atoms in total. The second-order valence-electron chi connectivity index (χ2n) is 8.36. The number of phenols is 1. The van der Waals surface area contributed by atoms with E-state index in [0.29, 0.717) is 18.0 Å². The number of carboxylic acids is 1. The fourth-order valence-electron chi connectivity index (χ4n) is 4.53. The summed E-state index contributed by atoms with van der Waals surface area (Å²) in [5, 5.41) is 19.5. The summed E-state index contributed by atoms with van der Waals surface area (Å²) in [6.07, 6.45) is 4.17. The lowest BCUT2D eigenvalue weighted by Crippen LogP contribution is -2.43. The van der Waals surface area contributed by atoms with Crippen LogP contribution in [-0.4, -0.2) is 57.6 Å². The Bertz CT molecular complexity index is 756. The standard InChI is InChI=1S/C20H25ClN2O4/c21-15-9-13(1-4-17(15)24)11-22-7-5-20(6-8-22)10-16(19(26)27)23(12-20)18(25)14-2-3-14/h1,4,9,14,16,24H,2-3,5-8,10-12H2,(H,26,27)/t16-/m0/s1. The van der Waals surface area contributed by atoms with E-state index in [9.17, 15) is 19.8 Å². The van der Waals surface area contributed by atoms with Gasteiger partial charge in [0.25, 0.3) is 0 Å². The molecular weight excluding hydrogens is 368 g/mol. The van der Waals surface area contributed by atoms with Gasteiger partial charge in [-0.1, -0.05) is 17.7 Å². The molecule has 4 rings (SSSR count). The van der Waals surface area contributed by atoms with Gasteiger partial charge in [0.05, 0.1) is 5.02 Å². The molecule has 1 aromatic rings. The molecule has 2 aliphatic heterocycles. The number of carbonyl (C=O) groups is 2. The van der Waals surface area contributed by atoms with Gasteiger partial charge >= 0.3 is 5.97 Å². The zero-order chi connectivity index (χ0) is 19.2. The Labute approximate surface area is 163 Å². The normalized spacial score (nSPS) is 25.1. The van der Waals surface area contributed by atoms with Crippen LogP contribution in [0.3, 0.4) is 0 Å². The van der Waals surface area contributed by atoms with E-state index in [0.717, 1.165) is 50.9 Å². The molecule has 1 aromatic carbocycles. The number of rotatable bonds is 4. The summed E-state index contributed by atoms with van der Waals surface area (Å²) in [5.74, 6) is -0.687. The number of aromatic hydroxyl groups is 1. The average molecular weight is 393 g/mol. The molecule has 0 bridgehead atoms. The minimum absolute atomic E-state index is 0.0421. The number of carboxylic acid groups (broad SMARTS) is 1. The maximum atomic E-state index is 12.5. The van der Waals surface area contributed by atoms with Crippen LogP contribution >= 0.6 is 11.6 Å². The molecule has 1 spiro atoms. The fraction of sp³-hybridized carbons (Fsp3) is 0.600. The first kappa shape index (κ1) is 18.6. The van der Waals surface area contributed by atoms with Crippen molar-refractivity contribution in [2.45, 2.75) is 44.7 Å². The molecule has 1 amide bonds. The van der Waals surface area contributed by atoms with Gasteiger partial charge in [0.2, 0.25) is 5.91 Å². The fourth-order valence-corrected chi connectivity index (χ4v) is 4.73. The third kappa shape index (κ3) is 3.78. The van der Waals surface area contributed by atoms with Crippen molar-refractivity contribution in [2.75, 3.05) is 19.6 Å². The number of nitrogens with zero attached hydrogens (tertiary/aromatic N) is 2. The van der Waals surface area contributed by atoms with Crippen molar-refractivity contribution in [1.82, 2.24) is 9.80 Å². The summed E-state index contributed by atoms with van der Waals surface area (Å²) in [6, 6.07) is 4.60. The Morgan fingerprint density at radius 2 is 1.93 bits per heavy atom. The first-order valence-corrected chi connectivity index (χ1v) is 9.98. The summed E-state index contributed by atoms with van der Waals surface area (Å²) in [6.45, 7) is 3.08. The molecule has 1 atom stereocenters. The summed E-state index contributed by atoms with van der Waals surface area (Å²) < 4.78 is 0. The molecule has 2 N–H and O–H groups in total. The van der Waals surface area contributed by atoms with E-state index in [-0.39, 0.29) is 23.0 Å². The first-order chi connectivity index (χ1) is 12.9. The predicted molar refractivity (Wildman–Crippen MR) is 101 cm³/mol. The molecule has 2 heterocycles. The molecule has 1 aliphatic carbocycles. The molecule has 0 unspecified atom stereocenters. The smallest absolute Gasteiger partial charge is 0.326 e. The van der Waals surface area contributed by atoms with Gasteiger partial charge in [-0.05, 0) is 68.3 Å². The lowest BCUT2D eigenvalue weighted by atomic mass is 9.76. The molecule has 0 aromatic heterocycles. The number of benzene rings is 1. The maximum Gasteiger partial charge on any atom is 0.326 e. The van der Waals surface area contributed by atoms with Gasteiger partial charge in [-0.2, -0.15) is 0 Å². The number of likely N-dealkylation sites (tertiary alicyclic amines) is 2. The molecule has 3 fully saturated rings. The van der Waals surface area contributed by atoms with Crippen molar-refractivity contribution in [3.05, 3.63) is 28.8 Å². The quantitative estimate of drug-likeness (QED) is 0.823. The SMILES string of the molecule is O=C(O)[C@@H]1CC2(CCN(Cc3ccc(O)c(Cl)c3)CC2)CN1C(=O)C1CC1. The highest BCUT2D eigenvalue weighted by Gasteiger charge is 2.51. The topological polar surface area (TPSA) is 81.1 Å². The van der Waals surface area contributed by atoms with Crippen molar-refractivity contribution >= 4 is 23.5 Å². The van der Waals surface area contributed by atoms with E-state index in [1.54, 1.807) is 17.0 Å². The molecule has 146 valence electrons. The van der Waals surface area contributed by atoms with Gasteiger partial charge in [0.15, 0.2) is 0 Å². The van der Waals surface area contributed by atoms with E-state index in [2.05, 4.69) is 4.90 Å². The molecule has 0 radical (unpaired) electrons. The molecular formula is C20H25ClN2O4. The van der Waals surface area contributed by atoms with Crippen LogP contribution in [0, 0.1) is 11.3 Å². The average Bonchev–Trinajstić information content (AvgIpc) is 3.42. The van der Waals surface area contributed by atoms with Gasteiger partial charge < -0.3 is 15.1 Å². The monoisotopic (exact) mass is 392 g/mol. The summed E-state index contributed by atoms with van der Waals surface area (Å²) in [4.78, 5) is 28.2. The van der Waals surface area contributed by atoms with E-state index >= 15 is 0 Å². The lowest BCUT2D eigenvalue weighted by Gasteiger charge is -2.39. The van der Waals surface area contributed by atoms with Crippen LogP contribution in [0.15, 0.2) is 18.2 Å². The van der Waals surface area contributed by atoms with Crippen LogP contribution in [0.25, 0.3) is 0 Å². The van der Waals surface area contributed by atoms with Crippen molar-refractivity contribution in [2.24, 2.45) is 11.3 Å². The van der Waals surface area contributed by atoms with Gasteiger partial charge in [0, 0.05) is 19.0 Å². The molecule has 1 saturated carbocycles. The van der Waals surface area contributed by atoms with Crippen LogP contribution in [0.4, 0.5) is 0 Å². The summed E-state index contributed by atoms with van der Waals surface area (Å²) in [7, 11) is 0. The highest BCUT2D eigenvalue weighted by atomic mass is 35.5. The number of piperidine rings is 1. The number of phenolic OH excluding ortho intramolecular Hbond substituents is 1. The van der Waals surface area contributed by atoms with E-state index in [1.807, 2.05) is 6.07 Å². The minimum Gasteiger partial charge on any atom is -0.506 e. The maximum absolute atomic E-state index is 12.5. The van der Waals surface area contributed by atoms with Crippen LogP contribution in [0.2, 0.25) is 5.02 Å². The number of carbonyl (C=O) groups excluding carboxylic acids is 1. The minimum atomic E-state index is -0.873. The Kier molecular flexibility index (Phi) is 4.80. The van der Waals surface area contributed by atoms with Crippen LogP contribution < -0.4 is 0 Å². The van der Waals surface area contributed by atoms with Crippen LogP contribution in [-0.2, 0) is 16.1 Å². The van der Waals surface area contributed by atoms with Gasteiger partial charge in [-0.15, -0.1) is 0 Å². The number of halogens is 1. The molecule has 27 heavy (non-hydrogen) atoms. The van der Waals surface area contributed by atoms with Crippen LogP contribution in [0.1, 0.15) is 37.7 Å². The number of hydrogen-bond acceptors (Lipinski definition) is 4. The van der Waals surface area contributed by atoms with E-state index in [1.165, 1.54) is 0 Å². The van der Waals surface area contributed by atoms with Gasteiger partial charge in [-0.3, -0.25) is 9.69 Å².